The van der Waals surface area contributed by atoms with Gasteiger partial charge in [0.15, 0.2) is 0 Å². The van der Waals surface area contributed by atoms with Crippen molar-refractivity contribution < 1.29 is 0 Å². The Balaban J connectivity index is 2.44. The molecule has 1 aliphatic carbocycles. The molecule has 0 aromatic carbocycles. The van der Waals surface area contributed by atoms with E-state index < -0.39 is 0 Å². The maximum atomic E-state index is 5.69. The number of hydrazine groups is 1. The van der Waals surface area contributed by atoms with Crippen molar-refractivity contribution in [3.05, 3.63) is 0 Å². The monoisotopic (exact) mass is 212 g/mol. The predicted molar refractivity (Wildman–Crippen MR) is 66.3 cm³/mol. The minimum absolute atomic E-state index is 0.541. The molecule has 90 valence electrons. The standard InChI is InChI=1S/C13H28N2/c1-4-11-6-5-7-12(9-11)13(15-14)8-10(2)3/h10-13,15H,4-9,14H2,1-3H3. The van der Waals surface area contributed by atoms with Gasteiger partial charge in [-0.3, -0.25) is 11.3 Å². The highest BCUT2D eigenvalue weighted by molar-refractivity contribution is 4.81. The van der Waals surface area contributed by atoms with Crippen molar-refractivity contribution in [3.63, 3.8) is 0 Å². The first-order valence-corrected chi connectivity index (χ1v) is 6.63. The summed E-state index contributed by atoms with van der Waals surface area (Å²) in [5.74, 6) is 8.20. The second-order valence-electron chi connectivity index (χ2n) is 5.60. The molecule has 2 heteroatoms. The molecule has 1 fully saturated rings. The Hall–Kier alpha value is -0.0800. The van der Waals surface area contributed by atoms with Crippen LogP contribution in [-0.2, 0) is 0 Å². The van der Waals surface area contributed by atoms with Crippen LogP contribution in [0, 0.1) is 17.8 Å². The van der Waals surface area contributed by atoms with Gasteiger partial charge < -0.3 is 0 Å². The number of nitrogens with one attached hydrogen (secondary N) is 1. The van der Waals surface area contributed by atoms with E-state index in [0.717, 1.165) is 17.8 Å². The van der Waals surface area contributed by atoms with Crippen LogP contribution in [-0.4, -0.2) is 6.04 Å². The molecule has 3 N–H and O–H groups in total. The summed E-state index contributed by atoms with van der Waals surface area (Å²) >= 11 is 0. The quantitative estimate of drug-likeness (QED) is 0.543. The zero-order valence-electron chi connectivity index (χ0n) is 10.6. The van der Waals surface area contributed by atoms with Gasteiger partial charge in [-0.25, -0.2) is 0 Å². The van der Waals surface area contributed by atoms with Gasteiger partial charge in [0.2, 0.25) is 0 Å². The molecule has 0 aliphatic heterocycles. The molecule has 1 rings (SSSR count). The molecular formula is C13H28N2. The largest absolute Gasteiger partial charge is 0.271 e. The van der Waals surface area contributed by atoms with Crippen molar-refractivity contribution in [2.75, 3.05) is 0 Å². The molecule has 0 saturated heterocycles. The van der Waals surface area contributed by atoms with Gasteiger partial charge in [-0.05, 0) is 37.0 Å². The Kier molecular flexibility index (Phi) is 5.62. The average Bonchev–Trinajstić information content (AvgIpc) is 2.25. The lowest BCUT2D eigenvalue weighted by Crippen LogP contribution is -2.43. The van der Waals surface area contributed by atoms with Crippen molar-refractivity contribution in [1.82, 2.24) is 5.43 Å². The van der Waals surface area contributed by atoms with Gasteiger partial charge >= 0.3 is 0 Å². The summed E-state index contributed by atoms with van der Waals surface area (Å²) < 4.78 is 0. The summed E-state index contributed by atoms with van der Waals surface area (Å²) in [4.78, 5) is 0. The highest BCUT2D eigenvalue weighted by Crippen LogP contribution is 2.34. The van der Waals surface area contributed by atoms with E-state index in [1.807, 2.05) is 0 Å². The van der Waals surface area contributed by atoms with Crippen molar-refractivity contribution in [3.8, 4) is 0 Å². The van der Waals surface area contributed by atoms with Gasteiger partial charge in [0, 0.05) is 6.04 Å². The average molecular weight is 212 g/mol. The number of nitrogens with two attached hydrogens (primary N) is 1. The van der Waals surface area contributed by atoms with Gasteiger partial charge in [-0.2, -0.15) is 0 Å². The van der Waals surface area contributed by atoms with Crippen molar-refractivity contribution in [1.29, 1.82) is 0 Å². The molecule has 1 saturated carbocycles. The Morgan fingerprint density at radius 3 is 2.60 bits per heavy atom. The van der Waals surface area contributed by atoms with Crippen LogP contribution in [0.3, 0.4) is 0 Å². The van der Waals surface area contributed by atoms with Gasteiger partial charge in [0.25, 0.3) is 0 Å². The molecule has 3 atom stereocenters. The van der Waals surface area contributed by atoms with E-state index in [1.54, 1.807) is 0 Å². The van der Waals surface area contributed by atoms with E-state index in [0.29, 0.717) is 6.04 Å². The van der Waals surface area contributed by atoms with Gasteiger partial charge in [0.1, 0.15) is 0 Å². The minimum Gasteiger partial charge on any atom is -0.271 e. The Labute approximate surface area is 95.0 Å². The van der Waals surface area contributed by atoms with E-state index in [9.17, 15) is 0 Å². The van der Waals surface area contributed by atoms with Crippen LogP contribution in [0.2, 0.25) is 0 Å². The molecule has 0 amide bonds. The van der Waals surface area contributed by atoms with Crippen molar-refractivity contribution in [2.45, 2.75) is 65.3 Å². The summed E-state index contributed by atoms with van der Waals surface area (Å²) in [6.07, 6.45) is 8.16. The lowest BCUT2D eigenvalue weighted by atomic mass is 9.75. The molecule has 0 bridgehead atoms. The SMILES string of the molecule is CCC1CCCC(C(CC(C)C)NN)C1. The van der Waals surface area contributed by atoms with Crippen LogP contribution < -0.4 is 11.3 Å². The van der Waals surface area contributed by atoms with Gasteiger partial charge in [-0.15, -0.1) is 0 Å². The second-order valence-corrected chi connectivity index (χ2v) is 5.60. The van der Waals surface area contributed by atoms with Crippen molar-refractivity contribution in [2.24, 2.45) is 23.6 Å². The highest BCUT2D eigenvalue weighted by Gasteiger charge is 2.27. The number of hydrogen-bond donors (Lipinski definition) is 2. The Bertz CT molecular complexity index is 168. The van der Waals surface area contributed by atoms with Gasteiger partial charge in [-0.1, -0.05) is 40.0 Å². The van der Waals surface area contributed by atoms with E-state index in [-0.39, 0.29) is 0 Å². The first kappa shape index (κ1) is 13.0. The van der Waals surface area contributed by atoms with Crippen LogP contribution in [0.25, 0.3) is 0 Å². The van der Waals surface area contributed by atoms with Crippen LogP contribution in [0.15, 0.2) is 0 Å². The molecule has 0 spiro atoms. The van der Waals surface area contributed by atoms with Gasteiger partial charge in [0.05, 0.1) is 0 Å². The summed E-state index contributed by atoms with van der Waals surface area (Å²) in [7, 11) is 0. The topological polar surface area (TPSA) is 38.0 Å². The maximum Gasteiger partial charge on any atom is 0.0241 e. The summed E-state index contributed by atoms with van der Waals surface area (Å²) in [5, 5.41) is 0. The Morgan fingerprint density at radius 2 is 2.07 bits per heavy atom. The summed E-state index contributed by atoms with van der Waals surface area (Å²) in [6.45, 7) is 6.88. The van der Waals surface area contributed by atoms with E-state index in [2.05, 4.69) is 26.2 Å². The zero-order chi connectivity index (χ0) is 11.3. The van der Waals surface area contributed by atoms with Crippen LogP contribution in [0.4, 0.5) is 0 Å². The minimum atomic E-state index is 0.541. The molecule has 2 nitrogen and oxygen atoms in total. The fourth-order valence-corrected chi connectivity index (χ4v) is 2.97. The normalized spacial score (nSPS) is 29.4. The van der Waals surface area contributed by atoms with E-state index in [1.165, 1.54) is 38.5 Å². The summed E-state index contributed by atoms with van der Waals surface area (Å²) in [6, 6.07) is 0.541. The molecule has 0 aromatic rings. The molecule has 15 heavy (non-hydrogen) atoms. The molecule has 0 radical (unpaired) electrons. The molecular weight excluding hydrogens is 184 g/mol. The van der Waals surface area contributed by atoms with Crippen LogP contribution in [0.5, 0.6) is 0 Å². The highest BCUT2D eigenvalue weighted by atomic mass is 15.2. The van der Waals surface area contributed by atoms with Crippen molar-refractivity contribution >= 4 is 0 Å². The molecule has 1 aliphatic rings. The number of hydrogen-bond acceptors (Lipinski definition) is 2. The fraction of sp³-hybridized carbons (Fsp3) is 1.00. The molecule has 3 unspecified atom stereocenters. The Morgan fingerprint density at radius 1 is 1.33 bits per heavy atom. The molecule has 0 aromatic heterocycles. The van der Waals surface area contributed by atoms with E-state index in [4.69, 9.17) is 5.84 Å². The zero-order valence-corrected chi connectivity index (χ0v) is 10.6. The maximum absolute atomic E-state index is 5.69. The van der Waals surface area contributed by atoms with Crippen LogP contribution >= 0.6 is 0 Å². The second kappa shape index (κ2) is 6.49. The molecule has 0 heterocycles. The third-order valence-electron chi connectivity index (χ3n) is 3.91. The lowest BCUT2D eigenvalue weighted by Gasteiger charge is -2.34. The van der Waals surface area contributed by atoms with E-state index >= 15 is 0 Å². The predicted octanol–water partition coefficient (Wildman–Crippen LogP) is 3.08. The summed E-state index contributed by atoms with van der Waals surface area (Å²) in [5.41, 5.74) is 3.05. The first-order chi connectivity index (χ1) is 7.17. The number of rotatable bonds is 5. The van der Waals surface area contributed by atoms with Crippen LogP contribution in [0.1, 0.15) is 59.3 Å². The first-order valence-electron chi connectivity index (χ1n) is 6.63. The smallest absolute Gasteiger partial charge is 0.0241 e. The lowest BCUT2D eigenvalue weighted by molar-refractivity contribution is 0.193. The fourth-order valence-electron chi connectivity index (χ4n) is 2.97. The third kappa shape index (κ3) is 4.12. The third-order valence-corrected chi connectivity index (χ3v) is 3.91.